The largest absolute Gasteiger partial charge is 0.351 e. The van der Waals surface area contributed by atoms with Crippen LogP contribution in [0.5, 0.6) is 0 Å². The van der Waals surface area contributed by atoms with Crippen LogP contribution < -0.4 is 10.6 Å². The Balaban J connectivity index is 1.69. The number of nitrogens with zero attached hydrogens (tertiary/aromatic N) is 1. The van der Waals surface area contributed by atoms with Crippen molar-refractivity contribution in [1.82, 2.24) is 10.2 Å². The second-order valence-electron chi connectivity index (χ2n) is 6.97. The molecule has 0 radical (unpaired) electrons. The average molecular weight is 410 g/mol. The van der Waals surface area contributed by atoms with Crippen molar-refractivity contribution in [3.05, 3.63) is 64.1 Å². The number of likely N-dealkylation sites (N-methyl/N-ethyl adjacent to an activating group) is 1. The Morgan fingerprint density at radius 3 is 2.69 bits per heavy atom. The Morgan fingerprint density at radius 1 is 1.17 bits per heavy atom. The Morgan fingerprint density at radius 2 is 1.97 bits per heavy atom. The van der Waals surface area contributed by atoms with Gasteiger partial charge in [0.1, 0.15) is 0 Å². The molecular weight excluding hydrogens is 382 g/mol. The van der Waals surface area contributed by atoms with E-state index in [-0.39, 0.29) is 11.8 Å². The van der Waals surface area contributed by atoms with E-state index in [2.05, 4.69) is 29.4 Å². The molecule has 29 heavy (non-hydrogen) atoms. The lowest BCUT2D eigenvalue weighted by Gasteiger charge is -2.20. The number of aryl methyl sites for hydroxylation is 1. The highest BCUT2D eigenvalue weighted by Gasteiger charge is 2.22. The van der Waals surface area contributed by atoms with Gasteiger partial charge in [-0.15, -0.1) is 0 Å². The molecule has 2 amide bonds. The lowest BCUT2D eigenvalue weighted by molar-refractivity contribution is -0.112. The lowest BCUT2D eigenvalue weighted by atomic mass is 10.1. The Bertz CT molecular complexity index is 935. The molecular formula is C23H27N3O2S. The number of carbonyl (C=O) groups excluding carboxylic acids is 2. The molecule has 5 nitrogen and oxygen atoms in total. The summed E-state index contributed by atoms with van der Waals surface area (Å²) in [4.78, 5) is 28.8. The van der Waals surface area contributed by atoms with E-state index in [0.29, 0.717) is 22.7 Å². The van der Waals surface area contributed by atoms with Gasteiger partial charge in [0.15, 0.2) is 0 Å². The fourth-order valence-electron chi connectivity index (χ4n) is 3.18. The van der Waals surface area contributed by atoms with Gasteiger partial charge >= 0.3 is 0 Å². The summed E-state index contributed by atoms with van der Waals surface area (Å²) in [7, 11) is 0. The molecule has 2 N–H and O–H groups in total. The number of rotatable bonds is 7. The summed E-state index contributed by atoms with van der Waals surface area (Å²) < 4.78 is 0. The van der Waals surface area contributed by atoms with Gasteiger partial charge < -0.3 is 15.5 Å². The Labute approximate surface area is 176 Å². The molecule has 0 saturated carbocycles. The maximum absolute atomic E-state index is 12.5. The third kappa shape index (κ3) is 5.49. The summed E-state index contributed by atoms with van der Waals surface area (Å²) in [5.74, 6) is -0.275. The minimum Gasteiger partial charge on any atom is -0.351 e. The number of hydrogen-bond acceptors (Lipinski definition) is 4. The zero-order valence-corrected chi connectivity index (χ0v) is 17.9. The van der Waals surface area contributed by atoms with E-state index in [1.54, 1.807) is 12.1 Å². The van der Waals surface area contributed by atoms with Crippen LogP contribution in [-0.4, -0.2) is 42.9 Å². The van der Waals surface area contributed by atoms with Crippen LogP contribution in [-0.2, 0) is 4.79 Å². The molecule has 0 atom stereocenters. The fourth-order valence-corrected chi connectivity index (χ4v) is 4.11. The van der Waals surface area contributed by atoms with Crippen molar-refractivity contribution in [3.8, 4) is 0 Å². The maximum atomic E-state index is 12.5. The topological polar surface area (TPSA) is 61.4 Å². The van der Waals surface area contributed by atoms with Crippen molar-refractivity contribution >= 4 is 35.3 Å². The molecule has 1 aliphatic heterocycles. The molecule has 1 aliphatic rings. The number of nitrogens with one attached hydrogen (secondary N) is 2. The van der Waals surface area contributed by atoms with E-state index < -0.39 is 0 Å². The van der Waals surface area contributed by atoms with Crippen LogP contribution in [0.4, 0.5) is 5.69 Å². The summed E-state index contributed by atoms with van der Waals surface area (Å²) in [5, 5.41) is 5.87. The van der Waals surface area contributed by atoms with E-state index in [4.69, 9.17) is 0 Å². The number of anilines is 1. The standard InChI is InChI=1S/C23H27N3O2S/c1-4-26(5-2)12-11-24-22(27)18-9-10-20-19(15-18)25-23(28)21(29-20)14-17-8-6-7-16(3)13-17/h6-10,13-15H,4-5,11-12H2,1-3H3,(H,24,27)(H,25,28). The SMILES string of the molecule is CCN(CC)CCNC(=O)c1ccc2c(c1)NC(=O)C(=Cc1cccc(C)c1)S2. The van der Waals surface area contributed by atoms with E-state index >= 15 is 0 Å². The summed E-state index contributed by atoms with van der Waals surface area (Å²) in [6.07, 6.45) is 1.89. The van der Waals surface area contributed by atoms with Gasteiger partial charge in [0.25, 0.3) is 11.8 Å². The van der Waals surface area contributed by atoms with Gasteiger partial charge in [0.2, 0.25) is 0 Å². The zero-order valence-electron chi connectivity index (χ0n) is 17.1. The number of hydrogen-bond donors (Lipinski definition) is 2. The Hall–Kier alpha value is -2.57. The predicted molar refractivity (Wildman–Crippen MR) is 120 cm³/mol. The number of amides is 2. The van der Waals surface area contributed by atoms with E-state index in [0.717, 1.165) is 35.7 Å². The zero-order chi connectivity index (χ0) is 20.8. The second kappa shape index (κ2) is 9.76. The van der Waals surface area contributed by atoms with Crippen LogP contribution in [0.2, 0.25) is 0 Å². The van der Waals surface area contributed by atoms with Crippen molar-refractivity contribution in [2.24, 2.45) is 0 Å². The van der Waals surface area contributed by atoms with Gasteiger partial charge in [-0.1, -0.05) is 55.4 Å². The van der Waals surface area contributed by atoms with Crippen molar-refractivity contribution < 1.29 is 9.59 Å². The van der Waals surface area contributed by atoms with E-state index in [1.165, 1.54) is 11.8 Å². The summed E-state index contributed by atoms with van der Waals surface area (Å²) in [5.41, 5.74) is 3.38. The number of thioether (sulfide) groups is 1. The Kier molecular flexibility index (Phi) is 7.12. The molecule has 2 aromatic rings. The molecule has 0 aliphatic carbocycles. The van der Waals surface area contributed by atoms with E-state index in [1.807, 2.05) is 43.3 Å². The first-order chi connectivity index (χ1) is 14.0. The molecule has 2 aromatic carbocycles. The minimum absolute atomic E-state index is 0.125. The maximum Gasteiger partial charge on any atom is 0.262 e. The average Bonchev–Trinajstić information content (AvgIpc) is 2.71. The van der Waals surface area contributed by atoms with Crippen molar-refractivity contribution in [3.63, 3.8) is 0 Å². The van der Waals surface area contributed by atoms with Crippen LogP contribution in [0.3, 0.4) is 0 Å². The van der Waals surface area contributed by atoms with E-state index in [9.17, 15) is 9.59 Å². The summed E-state index contributed by atoms with van der Waals surface area (Å²) in [6.45, 7) is 9.60. The predicted octanol–water partition coefficient (Wildman–Crippen LogP) is 4.15. The minimum atomic E-state index is -0.150. The van der Waals surface area contributed by atoms with Gasteiger partial charge in [0.05, 0.1) is 10.6 Å². The van der Waals surface area contributed by atoms with Crippen molar-refractivity contribution in [2.75, 3.05) is 31.5 Å². The first-order valence-corrected chi connectivity index (χ1v) is 10.7. The molecule has 0 aromatic heterocycles. The van der Waals surface area contributed by atoms with Crippen LogP contribution >= 0.6 is 11.8 Å². The quantitative estimate of drug-likeness (QED) is 0.675. The molecule has 0 saturated heterocycles. The van der Waals surface area contributed by atoms with Crippen LogP contribution in [0.15, 0.2) is 52.3 Å². The van der Waals surface area contributed by atoms with Gasteiger partial charge in [-0.2, -0.15) is 0 Å². The van der Waals surface area contributed by atoms with Gasteiger partial charge in [-0.25, -0.2) is 0 Å². The third-order valence-electron chi connectivity index (χ3n) is 4.88. The fraction of sp³-hybridized carbons (Fsp3) is 0.304. The highest BCUT2D eigenvalue weighted by molar-refractivity contribution is 8.04. The van der Waals surface area contributed by atoms with Crippen molar-refractivity contribution in [2.45, 2.75) is 25.7 Å². The molecule has 0 spiro atoms. The lowest BCUT2D eigenvalue weighted by Crippen LogP contribution is -2.34. The van der Waals surface area contributed by atoms with Gasteiger partial charge in [-0.3, -0.25) is 9.59 Å². The normalized spacial score (nSPS) is 14.6. The highest BCUT2D eigenvalue weighted by Crippen LogP contribution is 2.39. The molecule has 0 bridgehead atoms. The highest BCUT2D eigenvalue weighted by atomic mass is 32.2. The first kappa shape index (κ1) is 21.1. The summed E-state index contributed by atoms with van der Waals surface area (Å²) in [6, 6.07) is 13.5. The number of benzene rings is 2. The molecule has 152 valence electrons. The third-order valence-corrected chi connectivity index (χ3v) is 5.98. The monoisotopic (exact) mass is 409 g/mol. The number of fused-ring (bicyclic) bond motifs is 1. The smallest absolute Gasteiger partial charge is 0.262 e. The van der Waals surface area contributed by atoms with Crippen LogP contribution in [0.25, 0.3) is 6.08 Å². The van der Waals surface area contributed by atoms with Gasteiger partial charge in [0, 0.05) is 23.5 Å². The number of carbonyl (C=O) groups is 2. The van der Waals surface area contributed by atoms with Crippen molar-refractivity contribution in [1.29, 1.82) is 0 Å². The van der Waals surface area contributed by atoms with Gasteiger partial charge in [-0.05, 0) is 49.9 Å². The molecule has 0 fully saturated rings. The molecule has 0 unspecified atom stereocenters. The first-order valence-electron chi connectivity index (χ1n) is 9.92. The molecule has 1 heterocycles. The van der Waals surface area contributed by atoms with Crippen LogP contribution in [0.1, 0.15) is 35.3 Å². The molecule has 6 heteroatoms. The summed E-state index contributed by atoms with van der Waals surface area (Å²) >= 11 is 1.42. The second-order valence-corrected chi connectivity index (χ2v) is 8.06. The molecule has 3 rings (SSSR count). The van der Waals surface area contributed by atoms with Crippen LogP contribution in [0, 0.1) is 6.92 Å².